The van der Waals surface area contributed by atoms with E-state index in [1.807, 2.05) is 0 Å². The van der Waals surface area contributed by atoms with Crippen molar-refractivity contribution in [2.45, 2.75) is 6.54 Å². The van der Waals surface area contributed by atoms with Gasteiger partial charge in [0.05, 0.1) is 0 Å². The topological polar surface area (TPSA) is 49.8 Å². The molecule has 1 aromatic heterocycles. The van der Waals surface area contributed by atoms with Gasteiger partial charge in [0.25, 0.3) is 0 Å². The van der Waals surface area contributed by atoms with Crippen LogP contribution in [0.2, 0.25) is 0 Å². The highest BCUT2D eigenvalue weighted by molar-refractivity contribution is 5.54. The van der Waals surface area contributed by atoms with Crippen LogP contribution in [0, 0.1) is 17.5 Å². The maximum Gasteiger partial charge on any atom is 0.229 e. The molecule has 0 fully saturated rings. The molecule has 0 unspecified atom stereocenters. The summed E-state index contributed by atoms with van der Waals surface area (Å²) in [7, 11) is 0. The molecule has 0 saturated carbocycles. The van der Waals surface area contributed by atoms with Crippen molar-refractivity contribution < 1.29 is 13.2 Å². The zero-order valence-corrected chi connectivity index (χ0v) is 12.4. The summed E-state index contributed by atoms with van der Waals surface area (Å²) in [5, 5.41) is 5.88. The maximum absolute atomic E-state index is 13.2. The maximum atomic E-state index is 13.2. The van der Waals surface area contributed by atoms with E-state index in [1.54, 1.807) is 18.2 Å². The summed E-state index contributed by atoms with van der Waals surface area (Å²) >= 11 is 0. The van der Waals surface area contributed by atoms with E-state index in [1.165, 1.54) is 24.4 Å². The SMILES string of the molecule is Fc1ccc(CNc2ccnc(Nc3ccc(F)c(F)c3)n2)cc1. The summed E-state index contributed by atoms with van der Waals surface area (Å²) < 4.78 is 39.0. The molecule has 2 aromatic carbocycles. The Labute approximate surface area is 136 Å². The molecule has 0 aliphatic carbocycles. The van der Waals surface area contributed by atoms with Crippen molar-refractivity contribution >= 4 is 17.5 Å². The molecule has 1 heterocycles. The van der Waals surface area contributed by atoms with Gasteiger partial charge in [-0.15, -0.1) is 0 Å². The fraction of sp³-hybridized carbons (Fsp3) is 0.0588. The first-order valence-electron chi connectivity index (χ1n) is 7.13. The van der Waals surface area contributed by atoms with Crippen LogP contribution in [-0.2, 0) is 6.54 Å². The van der Waals surface area contributed by atoms with E-state index in [4.69, 9.17) is 0 Å². The highest BCUT2D eigenvalue weighted by Gasteiger charge is 2.05. The Morgan fingerprint density at radius 3 is 2.42 bits per heavy atom. The lowest BCUT2D eigenvalue weighted by atomic mass is 10.2. The minimum atomic E-state index is -0.953. The molecule has 24 heavy (non-hydrogen) atoms. The molecular weight excluding hydrogens is 317 g/mol. The number of nitrogens with zero attached hydrogens (tertiary/aromatic N) is 2. The number of rotatable bonds is 5. The van der Waals surface area contributed by atoms with Crippen LogP contribution in [0.15, 0.2) is 54.7 Å². The number of hydrogen-bond donors (Lipinski definition) is 2. The Morgan fingerprint density at radius 2 is 1.67 bits per heavy atom. The minimum absolute atomic E-state index is 0.241. The summed E-state index contributed by atoms with van der Waals surface area (Å²) in [6.45, 7) is 0.460. The van der Waals surface area contributed by atoms with Gasteiger partial charge in [0.15, 0.2) is 11.6 Å². The standard InChI is InChI=1S/C17H13F3N4/c18-12-3-1-11(2-4-12)10-22-16-7-8-21-17(24-16)23-13-5-6-14(19)15(20)9-13/h1-9H,10H2,(H2,21,22,23,24). The number of aromatic nitrogens is 2. The summed E-state index contributed by atoms with van der Waals surface area (Å²) in [4.78, 5) is 8.25. The van der Waals surface area contributed by atoms with E-state index in [9.17, 15) is 13.2 Å². The first-order chi connectivity index (χ1) is 11.6. The van der Waals surface area contributed by atoms with Crippen LogP contribution in [0.5, 0.6) is 0 Å². The van der Waals surface area contributed by atoms with Gasteiger partial charge in [-0.2, -0.15) is 4.98 Å². The predicted octanol–water partition coefficient (Wildman–Crippen LogP) is 4.25. The number of benzene rings is 2. The van der Waals surface area contributed by atoms with E-state index in [-0.39, 0.29) is 11.8 Å². The lowest BCUT2D eigenvalue weighted by molar-refractivity contribution is 0.509. The van der Waals surface area contributed by atoms with E-state index >= 15 is 0 Å². The van der Waals surface area contributed by atoms with Crippen molar-refractivity contribution in [1.82, 2.24) is 9.97 Å². The molecule has 7 heteroatoms. The second-order valence-electron chi connectivity index (χ2n) is 5.00. The molecule has 0 bridgehead atoms. The molecule has 0 radical (unpaired) electrons. The largest absolute Gasteiger partial charge is 0.366 e. The van der Waals surface area contributed by atoms with Crippen LogP contribution in [-0.4, -0.2) is 9.97 Å². The fourth-order valence-electron chi connectivity index (χ4n) is 2.02. The lowest BCUT2D eigenvalue weighted by Gasteiger charge is -2.09. The second-order valence-corrected chi connectivity index (χ2v) is 5.00. The molecule has 0 saturated heterocycles. The average Bonchev–Trinajstić information content (AvgIpc) is 2.58. The quantitative estimate of drug-likeness (QED) is 0.734. The van der Waals surface area contributed by atoms with Gasteiger partial charge in [0.1, 0.15) is 11.6 Å². The van der Waals surface area contributed by atoms with Gasteiger partial charge in [-0.25, -0.2) is 18.2 Å². The third-order valence-corrected chi connectivity index (χ3v) is 3.22. The van der Waals surface area contributed by atoms with Gasteiger partial charge in [-0.3, -0.25) is 0 Å². The zero-order chi connectivity index (χ0) is 16.9. The summed E-state index contributed by atoms with van der Waals surface area (Å²) in [5.41, 5.74) is 1.23. The molecule has 0 aliphatic rings. The fourth-order valence-corrected chi connectivity index (χ4v) is 2.02. The van der Waals surface area contributed by atoms with Crippen molar-refractivity contribution in [3.05, 3.63) is 77.7 Å². The van der Waals surface area contributed by atoms with Crippen LogP contribution in [0.1, 0.15) is 5.56 Å². The van der Waals surface area contributed by atoms with Crippen LogP contribution in [0.3, 0.4) is 0 Å². The summed E-state index contributed by atoms with van der Waals surface area (Å²) in [6, 6.07) is 11.2. The Kier molecular flexibility index (Phi) is 4.60. The van der Waals surface area contributed by atoms with Crippen molar-refractivity contribution in [2.24, 2.45) is 0 Å². The molecule has 3 rings (SSSR count). The normalized spacial score (nSPS) is 10.5. The molecule has 2 N–H and O–H groups in total. The Hall–Kier alpha value is -3.09. The number of halogens is 3. The van der Waals surface area contributed by atoms with Gasteiger partial charge in [0.2, 0.25) is 5.95 Å². The smallest absolute Gasteiger partial charge is 0.229 e. The minimum Gasteiger partial charge on any atom is -0.366 e. The van der Waals surface area contributed by atoms with E-state index in [2.05, 4.69) is 20.6 Å². The Bertz CT molecular complexity index is 837. The molecule has 0 aliphatic heterocycles. The van der Waals surface area contributed by atoms with Gasteiger partial charge < -0.3 is 10.6 Å². The first-order valence-corrected chi connectivity index (χ1v) is 7.13. The molecular formula is C17H13F3N4. The van der Waals surface area contributed by atoms with Crippen molar-refractivity contribution in [2.75, 3.05) is 10.6 Å². The molecule has 0 atom stereocenters. The van der Waals surface area contributed by atoms with Crippen LogP contribution >= 0.6 is 0 Å². The summed E-state index contributed by atoms with van der Waals surface area (Å²) in [5.74, 6) is -1.38. The highest BCUT2D eigenvalue weighted by atomic mass is 19.2. The third kappa shape index (κ3) is 4.01. The van der Waals surface area contributed by atoms with Gasteiger partial charge >= 0.3 is 0 Å². The predicted molar refractivity (Wildman–Crippen MR) is 85.4 cm³/mol. The monoisotopic (exact) mass is 330 g/mol. The molecule has 122 valence electrons. The third-order valence-electron chi connectivity index (χ3n) is 3.22. The van der Waals surface area contributed by atoms with E-state index in [0.717, 1.165) is 17.7 Å². The van der Waals surface area contributed by atoms with Gasteiger partial charge in [-0.05, 0) is 35.9 Å². The van der Waals surface area contributed by atoms with Crippen LogP contribution in [0.4, 0.5) is 30.6 Å². The van der Waals surface area contributed by atoms with Crippen molar-refractivity contribution in [3.8, 4) is 0 Å². The molecule has 4 nitrogen and oxygen atoms in total. The molecule has 0 amide bonds. The Balaban J connectivity index is 1.67. The first kappa shape index (κ1) is 15.8. The number of hydrogen-bond acceptors (Lipinski definition) is 4. The lowest BCUT2D eigenvalue weighted by Crippen LogP contribution is -2.04. The van der Waals surface area contributed by atoms with E-state index < -0.39 is 11.6 Å². The molecule has 3 aromatic rings. The molecule has 0 spiro atoms. The van der Waals surface area contributed by atoms with E-state index in [0.29, 0.717) is 18.1 Å². The number of nitrogens with one attached hydrogen (secondary N) is 2. The summed E-state index contributed by atoms with van der Waals surface area (Å²) in [6.07, 6.45) is 1.53. The zero-order valence-electron chi connectivity index (χ0n) is 12.4. The second kappa shape index (κ2) is 6.99. The van der Waals surface area contributed by atoms with Crippen LogP contribution in [0.25, 0.3) is 0 Å². The highest BCUT2D eigenvalue weighted by Crippen LogP contribution is 2.17. The van der Waals surface area contributed by atoms with Crippen molar-refractivity contribution in [3.63, 3.8) is 0 Å². The average molecular weight is 330 g/mol. The Morgan fingerprint density at radius 1 is 0.875 bits per heavy atom. The van der Waals surface area contributed by atoms with Gasteiger partial charge in [0, 0.05) is 24.5 Å². The van der Waals surface area contributed by atoms with Crippen LogP contribution < -0.4 is 10.6 Å². The van der Waals surface area contributed by atoms with Gasteiger partial charge in [-0.1, -0.05) is 12.1 Å². The number of anilines is 3. The van der Waals surface area contributed by atoms with Crippen molar-refractivity contribution in [1.29, 1.82) is 0 Å².